The van der Waals surface area contributed by atoms with Crippen molar-refractivity contribution in [1.29, 1.82) is 0 Å². The molecule has 11 nitrogen and oxygen atoms in total. The molecular weight excluding hydrogens is 554 g/mol. The molecule has 1 amide bonds. The molecule has 0 radical (unpaired) electrons. The van der Waals surface area contributed by atoms with Crippen molar-refractivity contribution < 1.29 is 9.53 Å². The number of nitrogen functional groups attached to an aromatic ring is 1. The zero-order valence-corrected chi connectivity index (χ0v) is 24.2. The molecule has 2 bridgehead atoms. The van der Waals surface area contributed by atoms with Crippen LogP contribution in [0, 0.1) is 11.8 Å². The van der Waals surface area contributed by atoms with Crippen LogP contribution in [0.1, 0.15) is 23.6 Å². The number of amides is 1. The van der Waals surface area contributed by atoms with Crippen LogP contribution in [0.5, 0.6) is 0 Å². The molecule has 3 aliphatic rings. The van der Waals surface area contributed by atoms with Gasteiger partial charge in [0.15, 0.2) is 17.3 Å². The summed E-state index contributed by atoms with van der Waals surface area (Å²) in [5, 5.41) is 8.37. The van der Waals surface area contributed by atoms with Crippen LogP contribution in [-0.4, -0.2) is 72.5 Å². The SMILES string of the molecule is C=CC(=O)N1C[C@H]2COC[C@@H](C1)C2N[C@H]1CCc2cc(-n3c(-c4cccnc4N)nc4ccc(-n5cccn5)nc43)ccc21. The standard InChI is InChI=1S/C33H33N9O2/c1-2-29(43)40-16-21-18-44-19-22(17-40)30(21)37-26-9-6-20-15-23(7-8-24(20)26)42-32(25-5-3-12-35-31(25)34)38-27-10-11-28(39-33(27)42)41-14-4-13-36-41/h2-5,7-8,10-15,21-22,26,30,37H,1,6,9,16-19H2,(H2,34,35)/t21-,22+,26-,30?/m0/s1. The molecular formula is C33H33N9O2. The Morgan fingerprint density at radius 3 is 2.70 bits per heavy atom. The number of nitrogens with two attached hydrogens (primary N) is 1. The first-order valence-corrected chi connectivity index (χ1v) is 15.1. The summed E-state index contributed by atoms with van der Waals surface area (Å²) in [5.41, 5.74) is 12.2. The van der Waals surface area contributed by atoms with Crippen molar-refractivity contribution in [3.8, 4) is 22.9 Å². The number of pyridine rings is 2. The number of hydrogen-bond donors (Lipinski definition) is 2. The van der Waals surface area contributed by atoms with Crippen LogP contribution in [0.4, 0.5) is 5.82 Å². The topological polar surface area (TPSA) is 129 Å². The molecule has 6 heterocycles. The van der Waals surface area contributed by atoms with E-state index in [4.69, 9.17) is 20.4 Å². The van der Waals surface area contributed by atoms with E-state index < -0.39 is 0 Å². The number of carbonyl (C=O) groups is 1. The van der Waals surface area contributed by atoms with Gasteiger partial charge in [-0.15, -0.1) is 0 Å². The van der Waals surface area contributed by atoms with Crippen molar-refractivity contribution in [2.45, 2.75) is 24.9 Å². The third-order valence-electron chi connectivity index (χ3n) is 9.24. The molecule has 2 aliphatic heterocycles. The highest BCUT2D eigenvalue weighted by Crippen LogP contribution is 2.38. The maximum absolute atomic E-state index is 12.4. The van der Waals surface area contributed by atoms with E-state index >= 15 is 0 Å². The zero-order valence-electron chi connectivity index (χ0n) is 24.2. The highest BCUT2D eigenvalue weighted by molar-refractivity contribution is 5.87. The number of aromatic nitrogens is 6. The molecule has 2 fully saturated rings. The van der Waals surface area contributed by atoms with Crippen LogP contribution < -0.4 is 11.1 Å². The van der Waals surface area contributed by atoms with E-state index in [9.17, 15) is 4.79 Å². The Morgan fingerprint density at radius 1 is 1.07 bits per heavy atom. The molecule has 0 spiro atoms. The van der Waals surface area contributed by atoms with Gasteiger partial charge in [0.05, 0.1) is 18.8 Å². The minimum Gasteiger partial charge on any atom is -0.383 e. The molecule has 1 aliphatic carbocycles. The van der Waals surface area contributed by atoms with Gasteiger partial charge in [0.25, 0.3) is 0 Å². The normalized spacial score (nSPS) is 22.7. The predicted molar refractivity (Wildman–Crippen MR) is 166 cm³/mol. The number of carbonyl (C=O) groups excluding carboxylic acids is 1. The van der Waals surface area contributed by atoms with E-state index in [1.165, 1.54) is 17.2 Å². The number of hydrogen-bond acceptors (Lipinski definition) is 8. The fourth-order valence-corrected chi connectivity index (χ4v) is 7.18. The lowest BCUT2D eigenvalue weighted by atomic mass is 9.81. The quantitative estimate of drug-likeness (QED) is 0.289. The fraction of sp³-hybridized carbons (Fsp3) is 0.303. The number of rotatable bonds is 6. The van der Waals surface area contributed by atoms with Crippen molar-refractivity contribution in [2.24, 2.45) is 11.8 Å². The summed E-state index contributed by atoms with van der Waals surface area (Å²) < 4.78 is 9.72. The number of ether oxygens (including phenoxy) is 1. The molecule has 4 aromatic heterocycles. The Balaban J connectivity index is 1.15. The van der Waals surface area contributed by atoms with E-state index in [0.717, 1.165) is 35.3 Å². The maximum Gasteiger partial charge on any atom is 0.245 e. The third-order valence-corrected chi connectivity index (χ3v) is 9.24. The van der Waals surface area contributed by atoms with E-state index in [1.807, 2.05) is 41.4 Å². The summed E-state index contributed by atoms with van der Waals surface area (Å²) >= 11 is 0. The van der Waals surface area contributed by atoms with Gasteiger partial charge in [-0.1, -0.05) is 12.6 Å². The number of fused-ring (bicyclic) bond motifs is 4. The van der Waals surface area contributed by atoms with Gasteiger partial charge in [0.2, 0.25) is 5.91 Å². The molecule has 2 saturated heterocycles. The van der Waals surface area contributed by atoms with Gasteiger partial charge in [-0.3, -0.25) is 9.36 Å². The van der Waals surface area contributed by atoms with Crippen molar-refractivity contribution in [3.63, 3.8) is 0 Å². The number of nitrogens with zero attached hydrogens (tertiary/aromatic N) is 7. The third kappa shape index (κ3) is 4.47. The average molecular weight is 588 g/mol. The largest absolute Gasteiger partial charge is 0.383 e. The van der Waals surface area contributed by atoms with Crippen molar-refractivity contribution in [1.82, 2.24) is 39.5 Å². The van der Waals surface area contributed by atoms with Crippen LogP contribution >= 0.6 is 0 Å². The van der Waals surface area contributed by atoms with Gasteiger partial charge >= 0.3 is 0 Å². The second-order valence-electron chi connectivity index (χ2n) is 11.8. The zero-order chi connectivity index (χ0) is 29.8. The summed E-state index contributed by atoms with van der Waals surface area (Å²) in [4.78, 5) is 28.6. The predicted octanol–water partition coefficient (Wildman–Crippen LogP) is 3.49. The van der Waals surface area contributed by atoms with Crippen LogP contribution in [0.3, 0.4) is 0 Å². The van der Waals surface area contributed by atoms with Gasteiger partial charge in [0, 0.05) is 61.3 Å². The lowest BCUT2D eigenvalue weighted by Crippen LogP contribution is -2.61. The second kappa shape index (κ2) is 10.7. The van der Waals surface area contributed by atoms with E-state index in [-0.39, 0.29) is 23.8 Å². The van der Waals surface area contributed by atoms with Crippen LogP contribution in [-0.2, 0) is 16.0 Å². The number of aryl methyl sites for hydroxylation is 1. The molecule has 0 saturated carbocycles. The smallest absolute Gasteiger partial charge is 0.245 e. The Kier molecular flexibility index (Phi) is 6.49. The van der Waals surface area contributed by atoms with Crippen LogP contribution in [0.25, 0.3) is 34.1 Å². The molecule has 8 rings (SSSR count). The van der Waals surface area contributed by atoms with Gasteiger partial charge in [0.1, 0.15) is 11.3 Å². The number of piperidine rings is 1. The van der Waals surface area contributed by atoms with Gasteiger partial charge in [-0.2, -0.15) is 5.10 Å². The summed E-state index contributed by atoms with van der Waals surface area (Å²) in [6.45, 7) is 6.39. The van der Waals surface area contributed by atoms with E-state index in [1.54, 1.807) is 17.1 Å². The lowest BCUT2D eigenvalue weighted by molar-refractivity contribution is -0.135. The van der Waals surface area contributed by atoms with Gasteiger partial charge in [-0.25, -0.2) is 19.6 Å². The van der Waals surface area contributed by atoms with Crippen molar-refractivity contribution in [3.05, 3.63) is 90.9 Å². The minimum atomic E-state index is 0.00441. The molecule has 4 atom stereocenters. The molecule has 1 unspecified atom stereocenters. The highest BCUT2D eigenvalue weighted by atomic mass is 16.5. The van der Waals surface area contributed by atoms with Gasteiger partial charge < -0.3 is 20.7 Å². The molecule has 1 aromatic carbocycles. The number of likely N-dealkylation sites (tertiary alicyclic amines) is 1. The molecule has 44 heavy (non-hydrogen) atoms. The average Bonchev–Trinajstić information content (AvgIpc) is 3.79. The van der Waals surface area contributed by atoms with Crippen molar-refractivity contribution in [2.75, 3.05) is 32.0 Å². The van der Waals surface area contributed by atoms with E-state index in [2.05, 4.69) is 44.7 Å². The maximum atomic E-state index is 12.4. The first kappa shape index (κ1) is 26.7. The molecule has 11 heteroatoms. The Labute approximate surface area is 254 Å². The Morgan fingerprint density at radius 2 is 1.93 bits per heavy atom. The summed E-state index contributed by atoms with van der Waals surface area (Å²) in [5.74, 6) is 2.33. The summed E-state index contributed by atoms with van der Waals surface area (Å²) in [6.07, 6.45) is 8.69. The first-order chi connectivity index (χ1) is 21.6. The molecule has 222 valence electrons. The Hall–Kier alpha value is -4.87. The molecule has 5 aromatic rings. The number of anilines is 1. The van der Waals surface area contributed by atoms with Crippen LogP contribution in [0.2, 0.25) is 0 Å². The summed E-state index contributed by atoms with van der Waals surface area (Å²) in [7, 11) is 0. The Bertz CT molecular complexity index is 1870. The summed E-state index contributed by atoms with van der Waals surface area (Å²) in [6, 6.07) is 16.7. The monoisotopic (exact) mass is 587 g/mol. The number of benzene rings is 1. The first-order valence-electron chi connectivity index (χ1n) is 15.1. The van der Waals surface area contributed by atoms with Crippen molar-refractivity contribution >= 4 is 22.9 Å². The van der Waals surface area contributed by atoms with Gasteiger partial charge in [-0.05, 0) is 72.5 Å². The highest BCUT2D eigenvalue weighted by Gasteiger charge is 2.42. The van der Waals surface area contributed by atoms with Crippen LogP contribution in [0.15, 0.2) is 79.8 Å². The fourth-order valence-electron chi connectivity index (χ4n) is 7.18. The minimum absolute atomic E-state index is 0.00441. The lowest BCUT2D eigenvalue weighted by Gasteiger charge is -2.48. The number of imidazole rings is 1. The van der Waals surface area contributed by atoms with E-state index in [0.29, 0.717) is 49.8 Å². The second-order valence-corrected chi connectivity index (χ2v) is 11.8. The number of nitrogens with one attached hydrogen (secondary N) is 1. The molecule has 3 N–H and O–H groups in total.